The average molecular weight is 591 g/mol. The lowest BCUT2D eigenvalue weighted by molar-refractivity contribution is -0.120. The Bertz CT molecular complexity index is 1070. The maximum atomic E-state index is 12.8. The van der Waals surface area contributed by atoms with Crippen LogP contribution in [0.5, 0.6) is 0 Å². The van der Waals surface area contributed by atoms with Gasteiger partial charge in [0.25, 0.3) is 0 Å². The van der Waals surface area contributed by atoms with E-state index in [2.05, 4.69) is 34.8 Å². The number of amides is 1. The third kappa shape index (κ3) is 5.75. The number of carbonyl (C=O) groups excluding carboxylic acids is 1. The number of aromatic nitrogens is 2. The van der Waals surface area contributed by atoms with Crippen molar-refractivity contribution >= 4 is 63.3 Å². The van der Waals surface area contributed by atoms with E-state index >= 15 is 0 Å². The lowest BCUT2D eigenvalue weighted by Crippen LogP contribution is -2.28. The Morgan fingerprint density at radius 2 is 1.77 bits per heavy atom. The predicted octanol–water partition coefficient (Wildman–Crippen LogP) is 7.59. The van der Waals surface area contributed by atoms with Gasteiger partial charge >= 0.3 is 0 Å². The van der Waals surface area contributed by atoms with Gasteiger partial charge in [-0.15, -0.1) is 0 Å². The third-order valence-electron chi connectivity index (χ3n) is 4.96. The monoisotopic (exact) mass is 589 g/mol. The molecule has 31 heavy (non-hydrogen) atoms. The van der Waals surface area contributed by atoms with Crippen LogP contribution in [0.2, 0.25) is 15.1 Å². The third-order valence-corrected chi connectivity index (χ3v) is 6.91. The molecule has 8 heteroatoms. The number of hydrogen-bond acceptors (Lipinski definition) is 2. The van der Waals surface area contributed by atoms with Gasteiger partial charge in [0.1, 0.15) is 3.92 Å². The number of unbranched alkanes of at least 4 members (excludes halogenated alkanes) is 2. The number of nitrogens with zero attached hydrogens (tertiary/aromatic N) is 2. The average Bonchev–Trinajstić information content (AvgIpc) is 3.08. The summed E-state index contributed by atoms with van der Waals surface area (Å²) in [5, 5.41) is 9.52. The van der Waals surface area contributed by atoms with Gasteiger partial charge in [-0.25, -0.2) is 4.68 Å². The Kier molecular flexibility index (Phi) is 8.67. The predicted molar refractivity (Wildman–Crippen MR) is 138 cm³/mol. The number of hydrogen-bond donors (Lipinski definition) is 1. The highest BCUT2D eigenvalue weighted by atomic mass is 127. The van der Waals surface area contributed by atoms with Crippen LogP contribution in [0.3, 0.4) is 0 Å². The summed E-state index contributed by atoms with van der Waals surface area (Å²) in [4.78, 5) is 12.8. The molecule has 0 aliphatic rings. The van der Waals surface area contributed by atoms with E-state index in [4.69, 9.17) is 39.9 Å². The van der Waals surface area contributed by atoms with Crippen molar-refractivity contribution in [2.24, 2.45) is 0 Å². The highest BCUT2D eigenvalue weighted by molar-refractivity contribution is 14.1. The molecule has 1 atom stereocenters. The van der Waals surface area contributed by atoms with E-state index in [0.717, 1.165) is 36.1 Å². The normalized spacial score (nSPS) is 12.1. The van der Waals surface area contributed by atoms with E-state index in [1.54, 1.807) is 16.8 Å². The maximum Gasteiger partial charge on any atom is 0.239 e. The van der Waals surface area contributed by atoms with Crippen molar-refractivity contribution in [2.45, 2.75) is 37.0 Å². The van der Waals surface area contributed by atoms with Crippen LogP contribution >= 0.6 is 57.4 Å². The van der Waals surface area contributed by atoms with Crippen molar-refractivity contribution in [2.75, 3.05) is 6.54 Å². The summed E-state index contributed by atoms with van der Waals surface area (Å²) in [7, 11) is 0. The Morgan fingerprint density at radius 3 is 2.42 bits per heavy atom. The summed E-state index contributed by atoms with van der Waals surface area (Å²) in [5.41, 5.74) is 4.09. The molecule has 1 aromatic heterocycles. The first-order valence-corrected chi connectivity index (χ1v) is 12.4. The van der Waals surface area contributed by atoms with E-state index in [9.17, 15) is 4.79 Å². The minimum absolute atomic E-state index is 0.0469. The number of nitrogens with one attached hydrogen (secondary N) is 1. The standard InChI is InChI=1S/C23H23Cl3IN3O/c1-3-4-5-12-28-23(31)20(27)21-14(2)22(15-6-8-16(24)9-7-15)30(29-21)19-11-10-17(25)13-18(19)26/h6-11,13,20H,3-5,12H2,1-2H3,(H,28,31). The van der Waals surface area contributed by atoms with E-state index in [1.807, 2.05) is 37.3 Å². The van der Waals surface area contributed by atoms with Gasteiger partial charge in [0.05, 0.1) is 22.1 Å². The fourth-order valence-corrected chi connectivity index (χ4v) is 4.75. The summed E-state index contributed by atoms with van der Waals surface area (Å²) >= 11 is 20.8. The van der Waals surface area contributed by atoms with Crippen LogP contribution in [0.4, 0.5) is 0 Å². The van der Waals surface area contributed by atoms with Crippen molar-refractivity contribution in [3.8, 4) is 16.9 Å². The van der Waals surface area contributed by atoms with Gasteiger partial charge in [-0.05, 0) is 43.7 Å². The van der Waals surface area contributed by atoms with E-state index in [1.165, 1.54) is 0 Å². The molecule has 1 unspecified atom stereocenters. The molecule has 0 saturated carbocycles. The molecule has 2 aromatic carbocycles. The number of halogens is 4. The smallest absolute Gasteiger partial charge is 0.239 e. The summed E-state index contributed by atoms with van der Waals surface area (Å²) in [6.45, 7) is 4.78. The molecular weight excluding hydrogens is 568 g/mol. The van der Waals surface area contributed by atoms with Crippen LogP contribution < -0.4 is 5.32 Å². The molecule has 1 amide bonds. The Balaban J connectivity index is 2.05. The molecule has 3 rings (SSSR count). The highest BCUT2D eigenvalue weighted by Crippen LogP contribution is 2.37. The lowest BCUT2D eigenvalue weighted by atomic mass is 10.0. The van der Waals surface area contributed by atoms with Gasteiger partial charge in [-0.2, -0.15) is 5.10 Å². The SMILES string of the molecule is CCCCCNC(=O)C(I)c1nn(-c2ccc(Cl)cc2Cl)c(-c2ccc(Cl)cc2)c1C. The largest absolute Gasteiger partial charge is 0.355 e. The van der Waals surface area contributed by atoms with Crippen LogP contribution in [0.25, 0.3) is 16.9 Å². The van der Waals surface area contributed by atoms with Crippen LogP contribution in [0, 0.1) is 6.92 Å². The molecule has 4 nitrogen and oxygen atoms in total. The molecule has 1 N–H and O–H groups in total. The van der Waals surface area contributed by atoms with Crippen LogP contribution in [-0.2, 0) is 4.79 Å². The lowest BCUT2D eigenvalue weighted by Gasteiger charge is -2.11. The van der Waals surface area contributed by atoms with Crippen molar-refractivity contribution in [3.63, 3.8) is 0 Å². The molecule has 164 valence electrons. The minimum Gasteiger partial charge on any atom is -0.355 e. The second kappa shape index (κ2) is 11.0. The van der Waals surface area contributed by atoms with Crippen molar-refractivity contribution < 1.29 is 4.79 Å². The van der Waals surface area contributed by atoms with E-state index in [0.29, 0.717) is 33.0 Å². The van der Waals surface area contributed by atoms with Crippen LogP contribution in [-0.4, -0.2) is 22.2 Å². The van der Waals surface area contributed by atoms with Gasteiger partial charge in [0, 0.05) is 27.7 Å². The molecule has 0 fully saturated rings. The Labute approximate surface area is 211 Å². The quantitative estimate of drug-likeness (QED) is 0.167. The molecule has 0 spiro atoms. The fourth-order valence-electron chi connectivity index (χ4n) is 3.33. The second-order valence-corrected chi connectivity index (χ2v) is 9.76. The molecule has 3 aromatic rings. The zero-order chi connectivity index (χ0) is 22.5. The topological polar surface area (TPSA) is 46.9 Å². The summed E-state index contributed by atoms with van der Waals surface area (Å²) in [5.74, 6) is -0.0469. The molecule has 1 heterocycles. The zero-order valence-electron chi connectivity index (χ0n) is 17.3. The Morgan fingerprint density at radius 1 is 1.10 bits per heavy atom. The van der Waals surface area contributed by atoms with Gasteiger partial charge in [0.2, 0.25) is 5.91 Å². The number of rotatable bonds is 8. The van der Waals surface area contributed by atoms with Crippen LogP contribution in [0.1, 0.15) is 41.4 Å². The number of carbonyl (C=O) groups is 1. The highest BCUT2D eigenvalue weighted by Gasteiger charge is 2.27. The van der Waals surface area contributed by atoms with Crippen molar-refractivity contribution in [1.82, 2.24) is 15.1 Å². The number of alkyl halides is 1. The maximum absolute atomic E-state index is 12.8. The first-order chi connectivity index (χ1) is 14.8. The Hall–Kier alpha value is -1.28. The van der Waals surface area contributed by atoms with Gasteiger partial charge in [-0.1, -0.05) is 89.3 Å². The molecule has 0 aliphatic heterocycles. The first-order valence-electron chi connectivity index (χ1n) is 10.1. The first kappa shape index (κ1) is 24.4. The van der Waals surface area contributed by atoms with Crippen molar-refractivity contribution in [3.05, 3.63) is 68.8 Å². The molecule has 0 saturated heterocycles. The fraction of sp³-hybridized carbons (Fsp3) is 0.304. The van der Waals surface area contributed by atoms with E-state index in [-0.39, 0.29) is 5.91 Å². The molecule has 0 aliphatic carbocycles. The van der Waals surface area contributed by atoms with Crippen LogP contribution in [0.15, 0.2) is 42.5 Å². The molecule has 0 radical (unpaired) electrons. The number of benzene rings is 2. The summed E-state index contributed by atoms with van der Waals surface area (Å²) in [6, 6.07) is 12.8. The second-order valence-electron chi connectivity index (χ2n) is 7.23. The summed E-state index contributed by atoms with van der Waals surface area (Å²) in [6.07, 6.45) is 3.17. The molecular formula is C23H23Cl3IN3O. The summed E-state index contributed by atoms with van der Waals surface area (Å²) < 4.78 is 1.35. The van der Waals surface area contributed by atoms with Gasteiger partial charge < -0.3 is 5.32 Å². The van der Waals surface area contributed by atoms with E-state index < -0.39 is 3.92 Å². The zero-order valence-corrected chi connectivity index (χ0v) is 21.7. The minimum atomic E-state index is -0.433. The molecule has 0 bridgehead atoms. The van der Waals surface area contributed by atoms with Gasteiger partial charge in [0.15, 0.2) is 0 Å². The van der Waals surface area contributed by atoms with Crippen molar-refractivity contribution in [1.29, 1.82) is 0 Å². The van der Waals surface area contributed by atoms with Gasteiger partial charge in [-0.3, -0.25) is 4.79 Å².